The molecule has 0 aliphatic rings. The minimum Gasteiger partial charge on any atom is -0.255 e. The van der Waals surface area contributed by atoms with Crippen LogP contribution in [0.3, 0.4) is 0 Å². The number of nitrogens with zero attached hydrogens (tertiary/aromatic N) is 7. The maximum absolute atomic E-state index is 5.23. The Kier molecular flexibility index (Phi) is 9.79. The van der Waals surface area contributed by atoms with Crippen LogP contribution in [0.15, 0.2) is 212 Å². The quantitative estimate of drug-likeness (QED) is 0.144. The largest absolute Gasteiger partial charge is 0.255 e. The molecule has 5 heterocycles. The Morgan fingerprint density at radius 2 is 0.617 bits per heavy atom. The number of rotatable bonds is 9. The van der Waals surface area contributed by atoms with Crippen LogP contribution < -0.4 is 0 Å². The zero-order chi connectivity index (χ0) is 40.1. The summed E-state index contributed by atoms with van der Waals surface area (Å²) in [5, 5.41) is 0. The van der Waals surface area contributed by atoms with Gasteiger partial charge >= 0.3 is 0 Å². The molecule has 0 atom stereocenters. The van der Waals surface area contributed by atoms with E-state index in [2.05, 4.69) is 66.7 Å². The number of aromatic nitrogens is 7. The Bertz CT molecular complexity index is 2950. The summed E-state index contributed by atoms with van der Waals surface area (Å²) >= 11 is 0. The molecule has 0 saturated carbocycles. The van der Waals surface area contributed by atoms with Gasteiger partial charge in [-0.15, -0.1) is 0 Å². The van der Waals surface area contributed by atoms with Crippen LogP contribution in [-0.4, -0.2) is 34.9 Å². The molecular weight excluding hydrogens is 735 g/mol. The van der Waals surface area contributed by atoms with Gasteiger partial charge < -0.3 is 0 Å². The number of pyridine rings is 3. The highest BCUT2D eigenvalue weighted by Gasteiger charge is 2.18. The summed E-state index contributed by atoms with van der Waals surface area (Å²) < 4.78 is 0. The Labute approximate surface area is 347 Å². The average molecular weight is 770 g/mol. The minimum atomic E-state index is 0.621. The lowest BCUT2D eigenvalue weighted by atomic mass is 9.97. The SMILES string of the molecule is c1ccc(-c2cc(-c3cccc(-c4cc(-c5ccccc5-c5nc(-c6ccccc6)cc(-c6ccccc6)n5)cc(-c5ccccn5)n4)n3)nc(-c3ccccc3)n2)cc1. The predicted molar refractivity (Wildman–Crippen MR) is 240 cm³/mol. The van der Waals surface area contributed by atoms with Crippen molar-refractivity contribution in [2.24, 2.45) is 0 Å². The van der Waals surface area contributed by atoms with Crippen molar-refractivity contribution in [1.29, 1.82) is 0 Å². The average Bonchev–Trinajstić information content (AvgIpc) is 3.35. The molecule has 0 N–H and O–H groups in total. The lowest BCUT2D eigenvalue weighted by Crippen LogP contribution is -1.99. The lowest BCUT2D eigenvalue weighted by Gasteiger charge is -2.15. The van der Waals surface area contributed by atoms with Crippen LogP contribution in [0.5, 0.6) is 0 Å². The lowest BCUT2D eigenvalue weighted by molar-refractivity contribution is 1.16. The van der Waals surface area contributed by atoms with Gasteiger partial charge in [-0.3, -0.25) is 4.98 Å². The molecule has 7 nitrogen and oxygen atoms in total. The number of benzene rings is 5. The molecule has 0 spiro atoms. The molecule has 0 radical (unpaired) electrons. The van der Waals surface area contributed by atoms with Crippen LogP contribution >= 0.6 is 0 Å². The van der Waals surface area contributed by atoms with Gasteiger partial charge in [0.25, 0.3) is 0 Å². The van der Waals surface area contributed by atoms with Gasteiger partial charge in [0.15, 0.2) is 11.6 Å². The minimum absolute atomic E-state index is 0.621. The second-order valence-electron chi connectivity index (χ2n) is 14.2. The van der Waals surface area contributed by atoms with Crippen molar-refractivity contribution >= 4 is 0 Å². The summed E-state index contributed by atoms with van der Waals surface area (Å²) in [4.78, 5) is 35.5. The molecule has 282 valence electrons. The fourth-order valence-electron chi connectivity index (χ4n) is 7.25. The van der Waals surface area contributed by atoms with Crippen molar-refractivity contribution in [2.75, 3.05) is 0 Å². The summed E-state index contributed by atoms with van der Waals surface area (Å²) in [6.07, 6.45) is 1.79. The van der Waals surface area contributed by atoms with E-state index in [1.807, 2.05) is 140 Å². The predicted octanol–water partition coefficient (Wildman–Crippen LogP) is 12.5. The molecule has 5 aromatic heterocycles. The smallest absolute Gasteiger partial charge is 0.161 e. The third kappa shape index (κ3) is 7.58. The molecule has 0 amide bonds. The van der Waals surface area contributed by atoms with Crippen LogP contribution in [0.25, 0.3) is 102 Å². The highest BCUT2D eigenvalue weighted by molar-refractivity contribution is 5.86. The first-order valence-corrected chi connectivity index (χ1v) is 19.7. The van der Waals surface area contributed by atoms with E-state index in [9.17, 15) is 0 Å². The first-order valence-electron chi connectivity index (χ1n) is 19.7. The van der Waals surface area contributed by atoms with Gasteiger partial charge in [0.1, 0.15) is 0 Å². The first kappa shape index (κ1) is 36.1. The molecule has 0 aliphatic carbocycles. The van der Waals surface area contributed by atoms with Crippen LogP contribution in [0.1, 0.15) is 0 Å². The van der Waals surface area contributed by atoms with E-state index in [4.69, 9.17) is 34.9 Å². The van der Waals surface area contributed by atoms with Crippen molar-refractivity contribution in [1.82, 2.24) is 34.9 Å². The van der Waals surface area contributed by atoms with Crippen molar-refractivity contribution < 1.29 is 0 Å². The molecule has 0 fully saturated rings. The van der Waals surface area contributed by atoms with Crippen LogP contribution in [0, 0.1) is 0 Å². The van der Waals surface area contributed by atoms with Gasteiger partial charge in [-0.25, -0.2) is 29.9 Å². The highest BCUT2D eigenvalue weighted by atomic mass is 14.9. The van der Waals surface area contributed by atoms with Gasteiger partial charge in [-0.05, 0) is 59.7 Å². The van der Waals surface area contributed by atoms with Gasteiger partial charge in [0, 0.05) is 34.0 Å². The molecule has 5 aromatic carbocycles. The zero-order valence-electron chi connectivity index (χ0n) is 32.3. The fraction of sp³-hybridized carbons (Fsp3) is 0. The van der Waals surface area contributed by atoms with Gasteiger partial charge in [0.05, 0.1) is 51.2 Å². The van der Waals surface area contributed by atoms with E-state index >= 15 is 0 Å². The van der Waals surface area contributed by atoms with Crippen LogP contribution in [0.2, 0.25) is 0 Å². The Balaban J connectivity index is 1.13. The Morgan fingerprint density at radius 1 is 0.217 bits per heavy atom. The molecule has 0 unspecified atom stereocenters. The second-order valence-corrected chi connectivity index (χ2v) is 14.2. The van der Waals surface area contributed by atoms with Gasteiger partial charge in [0.2, 0.25) is 0 Å². The van der Waals surface area contributed by atoms with E-state index in [0.717, 1.165) is 61.7 Å². The van der Waals surface area contributed by atoms with Crippen molar-refractivity contribution in [3.8, 4) is 102 Å². The third-order valence-corrected chi connectivity index (χ3v) is 10.2. The molecule has 10 aromatic rings. The Hall–Kier alpha value is -8.29. The number of hydrogen-bond acceptors (Lipinski definition) is 7. The third-order valence-electron chi connectivity index (χ3n) is 10.2. The Morgan fingerprint density at radius 3 is 1.17 bits per heavy atom. The van der Waals surface area contributed by atoms with Gasteiger partial charge in [-0.1, -0.05) is 158 Å². The van der Waals surface area contributed by atoms with E-state index in [0.29, 0.717) is 40.1 Å². The molecule has 10 rings (SSSR count). The summed E-state index contributed by atoms with van der Waals surface area (Å²) in [6.45, 7) is 0. The first-order chi connectivity index (χ1) is 29.7. The molecule has 0 bridgehead atoms. The standard InChI is InChI=1S/C53H35N7/c1-5-18-36(19-6-1)46-34-47(37-20-7-2-8-21-37)59-53(58-46)42-27-14-13-26-41(42)40-32-49(43-28-15-16-31-54-43)56-50(33-40)44-29-17-30-45(55-44)51-35-48(38-22-9-3-10-23-38)57-52(60-51)39-24-11-4-12-25-39/h1-35H. The van der Waals surface area contributed by atoms with Crippen LogP contribution in [-0.2, 0) is 0 Å². The topological polar surface area (TPSA) is 90.2 Å². The van der Waals surface area contributed by atoms with Crippen LogP contribution in [0.4, 0.5) is 0 Å². The molecule has 0 aliphatic heterocycles. The normalized spacial score (nSPS) is 11.0. The summed E-state index contributed by atoms with van der Waals surface area (Å²) in [7, 11) is 0. The zero-order valence-corrected chi connectivity index (χ0v) is 32.3. The van der Waals surface area contributed by atoms with Crippen molar-refractivity contribution in [3.63, 3.8) is 0 Å². The monoisotopic (exact) mass is 769 g/mol. The summed E-state index contributed by atoms with van der Waals surface area (Å²) in [6, 6.07) is 69.0. The summed E-state index contributed by atoms with van der Waals surface area (Å²) in [5.41, 5.74) is 13.5. The maximum atomic E-state index is 5.23. The van der Waals surface area contributed by atoms with Crippen molar-refractivity contribution in [2.45, 2.75) is 0 Å². The number of hydrogen-bond donors (Lipinski definition) is 0. The molecule has 60 heavy (non-hydrogen) atoms. The van der Waals surface area contributed by atoms with E-state index in [1.165, 1.54) is 0 Å². The van der Waals surface area contributed by atoms with Gasteiger partial charge in [-0.2, -0.15) is 0 Å². The van der Waals surface area contributed by atoms with E-state index in [1.54, 1.807) is 6.20 Å². The van der Waals surface area contributed by atoms with E-state index in [-0.39, 0.29) is 0 Å². The fourth-order valence-corrected chi connectivity index (χ4v) is 7.25. The van der Waals surface area contributed by atoms with E-state index < -0.39 is 0 Å². The highest BCUT2D eigenvalue weighted by Crippen LogP contribution is 2.37. The summed E-state index contributed by atoms with van der Waals surface area (Å²) in [5.74, 6) is 1.25. The molecule has 7 heteroatoms. The second kappa shape index (κ2) is 16.3. The molecular formula is C53H35N7. The van der Waals surface area contributed by atoms with Crippen molar-refractivity contribution in [3.05, 3.63) is 212 Å². The maximum Gasteiger partial charge on any atom is 0.161 e. The molecule has 0 saturated heterocycles.